The summed E-state index contributed by atoms with van der Waals surface area (Å²) in [6, 6.07) is 4.86. The third-order valence-electron chi connectivity index (χ3n) is 3.05. The number of aliphatic hydroxyl groups excluding tert-OH is 1. The SMILES string of the molecule is CCCCN(CCO)S(=O)(=O)c1cccc(N)c1C. The van der Waals surface area contributed by atoms with E-state index in [1.807, 2.05) is 6.92 Å². The molecular formula is C13H22N2O3S. The van der Waals surface area contributed by atoms with Crippen LogP contribution in [0.15, 0.2) is 23.1 Å². The first kappa shape index (κ1) is 15.9. The first-order valence-electron chi connectivity index (χ1n) is 6.41. The molecule has 0 heterocycles. The lowest BCUT2D eigenvalue weighted by molar-refractivity contribution is 0.252. The smallest absolute Gasteiger partial charge is 0.243 e. The molecule has 0 aliphatic rings. The predicted octanol–water partition coefficient (Wildman–Crippen LogP) is 1.36. The summed E-state index contributed by atoms with van der Waals surface area (Å²) in [5, 5.41) is 9.04. The highest BCUT2D eigenvalue weighted by Gasteiger charge is 2.25. The minimum Gasteiger partial charge on any atom is -0.398 e. The average molecular weight is 286 g/mol. The van der Waals surface area contributed by atoms with Crippen LogP contribution in [0.2, 0.25) is 0 Å². The van der Waals surface area contributed by atoms with Gasteiger partial charge in [-0.2, -0.15) is 4.31 Å². The lowest BCUT2D eigenvalue weighted by atomic mass is 10.2. The molecule has 3 N–H and O–H groups in total. The van der Waals surface area contributed by atoms with Crippen LogP contribution in [0.4, 0.5) is 5.69 Å². The van der Waals surface area contributed by atoms with Crippen LogP contribution < -0.4 is 5.73 Å². The molecule has 0 saturated heterocycles. The predicted molar refractivity (Wildman–Crippen MR) is 76.3 cm³/mol. The second kappa shape index (κ2) is 6.88. The molecule has 0 radical (unpaired) electrons. The number of hydrogen-bond acceptors (Lipinski definition) is 4. The maximum Gasteiger partial charge on any atom is 0.243 e. The Balaban J connectivity index is 3.15. The van der Waals surface area contributed by atoms with E-state index in [4.69, 9.17) is 10.8 Å². The van der Waals surface area contributed by atoms with Crippen molar-refractivity contribution in [2.24, 2.45) is 0 Å². The second-order valence-electron chi connectivity index (χ2n) is 4.45. The van der Waals surface area contributed by atoms with Crippen molar-refractivity contribution in [2.75, 3.05) is 25.4 Å². The van der Waals surface area contributed by atoms with Gasteiger partial charge in [0.2, 0.25) is 10.0 Å². The number of benzene rings is 1. The number of nitrogens with two attached hydrogens (primary N) is 1. The molecular weight excluding hydrogens is 264 g/mol. The summed E-state index contributed by atoms with van der Waals surface area (Å²) >= 11 is 0. The maximum absolute atomic E-state index is 12.6. The van der Waals surface area contributed by atoms with Crippen LogP contribution in [0.25, 0.3) is 0 Å². The van der Waals surface area contributed by atoms with Crippen LogP contribution in [0, 0.1) is 6.92 Å². The van der Waals surface area contributed by atoms with Gasteiger partial charge in [-0.3, -0.25) is 0 Å². The van der Waals surface area contributed by atoms with Gasteiger partial charge >= 0.3 is 0 Å². The zero-order valence-electron chi connectivity index (χ0n) is 11.5. The molecule has 0 fully saturated rings. The average Bonchev–Trinajstić information content (AvgIpc) is 2.37. The van der Waals surface area contributed by atoms with Gasteiger partial charge in [0, 0.05) is 18.8 Å². The van der Waals surface area contributed by atoms with Crippen molar-refractivity contribution in [1.29, 1.82) is 0 Å². The second-order valence-corrected chi connectivity index (χ2v) is 6.36. The summed E-state index contributed by atoms with van der Waals surface area (Å²) in [5.74, 6) is 0. The number of nitrogen functional groups attached to an aromatic ring is 1. The Morgan fingerprint density at radius 1 is 1.32 bits per heavy atom. The lowest BCUT2D eigenvalue weighted by Crippen LogP contribution is -2.35. The minimum absolute atomic E-state index is 0.108. The van der Waals surface area contributed by atoms with E-state index in [9.17, 15) is 8.42 Å². The Morgan fingerprint density at radius 2 is 2.00 bits per heavy atom. The first-order valence-corrected chi connectivity index (χ1v) is 7.85. The van der Waals surface area contributed by atoms with Gasteiger partial charge in [-0.1, -0.05) is 19.4 Å². The highest BCUT2D eigenvalue weighted by atomic mass is 32.2. The molecule has 0 saturated carbocycles. The van der Waals surface area contributed by atoms with Gasteiger partial charge in [0.05, 0.1) is 11.5 Å². The fourth-order valence-corrected chi connectivity index (χ4v) is 3.57. The zero-order valence-corrected chi connectivity index (χ0v) is 12.3. The quantitative estimate of drug-likeness (QED) is 0.741. The van der Waals surface area contributed by atoms with Gasteiger partial charge < -0.3 is 10.8 Å². The zero-order chi connectivity index (χ0) is 14.5. The van der Waals surface area contributed by atoms with Crippen molar-refractivity contribution >= 4 is 15.7 Å². The number of rotatable bonds is 7. The molecule has 0 aromatic heterocycles. The minimum atomic E-state index is -3.60. The molecule has 0 bridgehead atoms. The summed E-state index contributed by atoms with van der Waals surface area (Å²) in [6.07, 6.45) is 1.66. The third kappa shape index (κ3) is 3.68. The summed E-state index contributed by atoms with van der Waals surface area (Å²) < 4.78 is 26.4. The number of unbranched alkanes of at least 4 members (excludes halogenated alkanes) is 1. The normalized spacial score (nSPS) is 12.0. The number of hydrogen-bond donors (Lipinski definition) is 2. The van der Waals surface area contributed by atoms with Crippen LogP contribution in [0.5, 0.6) is 0 Å². The Bertz CT molecular complexity index is 515. The van der Waals surface area contributed by atoms with Crippen LogP contribution in [0.3, 0.4) is 0 Å². The molecule has 0 atom stereocenters. The molecule has 0 aliphatic heterocycles. The first-order chi connectivity index (χ1) is 8.95. The fraction of sp³-hybridized carbons (Fsp3) is 0.538. The van der Waals surface area contributed by atoms with Gasteiger partial charge in [0.25, 0.3) is 0 Å². The van der Waals surface area contributed by atoms with Crippen molar-refractivity contribution in [3.63, 3.8) is 0 Å². The molecule has 1 aromatic rings. The molecule has 0 aliphatic carbocycles. The monoisotopic (exact) mass is 286 g/mol. The van der Waals surface area contributed by atoms with E-state index >= 15 is 0 Å². The molecule has 108 valence electrons. The van der Waals surface area contributed by atoms with Crippen molar-refractivity contribution in [2.45, 2.75) is 31.6 Å². The Hall–Kier alpha value is -1.11. The molecule has 0 spiro atoms. The largest absolute Gasteiger partial charge is 0.398 e. The highest BCUT2D eigenvalue weighted by molar-refractivity contribution is 7.89. The van der Waals surface area contributed by atoms with E-state index in [1.165, 1.54) is 4.31 Å². The standard InChI is InChI=1S/C13H22N2O3S/c1-3-4-8-15(9-10-16)19(17,18)13-7-5-6-12(14)11(13)2/h5-7,16H,3-4,8-10,14H2,1-2H3. The molecule has 5 nitrogen and oxygen atoms in total. The summed E-state index contributed by atoms with van der Waals surface area (Å²) in [7, 11) is -3.60. The molecule has 1 rings (SSSR count). The number of anilines is 1. The van der Waals surface area contributed by atoms with E-state index in [-0.39, 0.29) is 18.0 Å². The van der Waals surface area contributed by atoms with Crippen LogP contribution in [-0.2, 0) is 10.0 Å². The van der Waals surface area contributed by atoms with Crippen LogP contribution in [-0.4, -0.2) is 37.5 Å². The fourth-order valence-electron chi connectivity index (χ4n) is 1.85. The topological polar surface area (TPSA) is 83.6 Å². The Morgan fingerprint density at radius 3 is 2.58 bits per heavy atom. The number of aliphatic hydroxyl groups is 1. The molecule has 0 unspecified atom stereocenters. The van der Waals surface area contributed by atoms with E-state index in [0.717, 1.165) is 12.8 Å². The molecule has 6 heteroatoms. The van der Waals surface area contributed by atoms with Crippen molar-refractivity contribution < 1.29 is 13.5 Å². The summed E-state index contributed by atoms with van der Waals surface area (Å²) in [6.45, 7) is 4.02. The number of nitrogens with zero attached hydrogens (tertiary/aromatic N) is 1. The van der Waals surface area contributed by atoms with E-state index in [0.29, 0.717) is 17.8 Å². The maximum atomic E-state index is 12.6. The van der Waals surface area contributed by atoms with Crippen molar-refractivity contribution in [1.82, 2.24) is 4.31 Å². The van der Waals surface area contributed by atoms with Crippen LogP contribution >= 0.6 is 0 Å². The third-order valence-corrected chi connectivity index (χ3v) is 5.10. The Labute approximate surface area is 115 Å². The lowest BCUT2D eigenvalue weighted by Gasteiger charge is -2.22. The molecule has 0 amide bonds. The Kier molecular flexibility index (Phi) is 5.78. The van der Waals surface area contributed by atoms with Crippen molar-refractivity contribution in [3.05, 3.63) is 23.8 Å². The highest BCUT2D eigenvalue weighted by Crippen LogP contribution is 2.24. The van der Waals surface area contributed by atoms with Gasteiger partial charge in [0.15, 0.2) is 0 Å². The van der Waals surface area contributed by atoms with E-state index in [1.54, 1.807) is 25.1 Å². The number of sulfonamides is 1. The van der Waals surface area contributed by atoms with Gasteiger partial charge in [0.1, 0.15) is 0 Å². The molecule has 19 heavy (non-hydrogen) atoms. The van der Waals surface area contributed by atoms with Gasteiger partial charge in [-0.05, 0) is 31.0 Å². The summed E-state index contributed by atoms with van der Waals surface area (Å²) in [4.78, 5) is 0.219. The van der Waals surface area contributed by atoms with Crippen LogP contribution in [0.1, 0.15) is 25.3 Å². The van der Waals surface area contributed by atoms with Gasteiger partial charge in [-0.15, -0.1) is 0 Å². The van der Waals surface area contributed by atoms with E-state index < -0.39 is 10.0 Å². The van der Waals surface area contributed by atoms with Crippen molar-refractivity contribution in [3.8, 4) is 0 Å². The van der Waals surface area contributed by atoms with E-state index in [2.05, 4.69) is 0 Å². The van der Waals surface area contributed by atoms with Gasteiger partial charge in [-0.25, -0.2) is 8.42 Å². The summed E-state index contributed by atoms with van der Waals surface area (Å²) in [5.41, 5.74) is 6.78. The molecule has 1 aromatic carbocycles.